The maximum Gasteiger partial charge on any atom is 0.306 e. The van der Waals surface area contributed by atoms with Crippen molar-refractivity contribution in [3.05, 3.63) is 65.9 Å². The summed E-state index contributed by atoms with van der Waals surface area (Å²) in [7, 11) is -3.73. The van der Waals surface area contributed by atoms with Gasteiger partial charge in [-0.25, -0.2) is 12.4 Å². The van der Waals surface area contributed by atoms with Crippen LogP contribution in [-0.2, 0) is 19.6 Å². The van der Waals surface area contributed by atoms with Gasteiger partial charge in [-0.15, -0.1) is 0 Å². The van der Waals surface area contributed by atoms with Crippen molar-refractivity contribution in [1.29, 1.82) is 0 Å². The van der Waals surface area contributed by atoms with Crippen LogP contribution in [0.2, 0.25) is 0 Å². The van der Waals surface area contributed by atoms with Crippen molar-refractivity contribution in [2.75, 3.05) is 0 Å². The lowest BCUT2D eigenvalue weighted by molar-refractivity contribution is -0.141. The first-order valence-corrected chi connectivity index (χ1v) is 9.52. The standard InChI is InChI=1S/C19H17NO4S/c1-13-6-8-14(9-7-13)25(22,23)20-12-16(18-10-11-19(21)24-18)15-4-2-3-5-17(15)20/h2-9,12,18H,10-11H2,1H3. The summed E-state index contributed by atoms with van der Waals surface area (Å²) in [5.41, 5.74) is 2.31. The molecule has 4 rings (SSSR count). The molecule has 25 heavy (non-hydrogen) atoms. The second-order valence-corrected chi connectivity index (χ2v) is 8.05. The molecule has 0 spiro atoms. The number of nitrogens with zero attached hydrogens (tertiary/aromatic N) is 1. The second kappa shape index (κ2) is 5.74. The molecule has 128 valence electrons. The van der Waals surface area contributed by atoms with Gasteiger partial charge in [0.15, 0.2) is 0 Å². The first kappa shape index (κ1) is 15.9. The monoisotopic (exact) mass is 355 g/mol. The Kier molecular flexibility index (Phi) is 3.65. The highest BCUT2D eigenvalue weighted by atomic mass is 32.2. The highest BCUT2D eigenvalue weighted by Gasteiger charge is 2.30. The molecular weight excluding hydrogens is 338 g/mol. The molecule has 0 amide bonds. The molecule has 1 fully saturated rings. The number of aromatic nitrogens is 1. The number of esters is 1. The fraction of sp³-hybridized carbons (Fsp3) is 0.211. The third kappa shape index (κ3) is 2.62. The Morgan fingerprint density at radius 2 is 1.80 bits per heavy atom. The van der Waals surface area contributed by atoms with Gasteiger partial charge in [0.25, 0.3) is 10.0 Å². The minimum Gasteiger partial charge on any atom is -0.457 e. The highest BCUT2D eigenvalue weighted by Crippen LogP contribution is 2.36. The van der Waals surface area contributed by atoms with Crippen LogP contribution < -0.4 is 0 Å². The van der Waals surface area contributed by atoms with E-state index in [0.717, 1.165) is 16.5 Å². The molecule has 2 aromatic carbocycles. The van der Waals surface area contributed by atoms with E-state index in [1.807, 2.05) is 19.1 Å². The molecule has 1 saturated heterocycles. The molecule has 0 aliphatic carbocycles. The quantitative estimate of drug-likeness (QED) is 0.674. The topological polar surface area (TPSA) is 65.4 Å². The van der Waals surface area contributed by atoms with Crippen molar-refractivity contribution in [3.63, 3.8) is 0 Å². The predicted molar refractivity (Wildman–Crippen MR) is 93.8 cm³/mol. The van der Waals surface area contributed by atoms with Crippen LogP contribution in [0.15, 0.2) is 59.6 Å². The Balaban J connectivity index is 1.90. The molecule has 3 aromatic rings. The molecule has 1 aliphatic heterocycles. The van der Waals surface area contributed by atoms with E-state index in [2.05, 4.69) is 0 Å². The molecule has 5 nitrogen and oxygen atoms in total. The van der Waals surface area contributed by atoms with Crippen molar-refractivity contribution < 1.29 is 17.9 Å². The molecule has 1 aliphatic rings. The molecule has 0 bridgehead atoms. The van der Waals surface area contributed by atoms with Gasteiger partial charge in [0.05, 0.1) is 10.4 Å². The number of rotatable bonds is 3. The van der Waals surface area contributed by atoms with Crippen LogP contribution in [0.1, 0.15) is 30.1 Å². The summed E-state index contributed by atoms with van der Waals surface area (Å²) in [6.45, 7) is 1.91. The lowest BCUT2D eigenvalue weighted by Crippen LogP contribution is -2.12. The Labute approximate surface area is 145 Å². The minimum atomic E-state index is -3.73. The molecule has 1 atom stereocenters. The van der Waals surface area contributed by atoms with E-state index < -0.39 is 16.1 Å². The molecule has 0 saturated carbocycles. The van der Waals surface area contributed by atoms with Gasteiger partial charge in [0.1, 0.15) is 6.10 Å². The Hall–Kier alpha value is -2.60. The Morgan fingerprint density at radius 3 is 2.48 bits per heavy atom. The Bertz CT molecular complexity index is 1060. The summed E-state index contributed by atoms with van der Waals surface area (Å²) < 4.78 is 32.9. The number of para-hydroxylation sites is 1. The van der Waals surface area contributed by atoms with Gasteiger partial charge < -0.3 is 4.74 Å². The lowest BCUT2D eigenvalue weighted by atomic mass is 10.1. The SMILES string of the molecule is Cc1ccc(S(=O)(=O)n2cc(C3CCC(=O)O3)c3ccccc32)cc1. The van der Waals surface area contributed by atoms with E-state index in [0.29, 0.717) is 18.4 Å². The van der Waals surface area contributed by atoms with E-state index in [1.54, 1.807) is 42.6 Å². The van der Waals surface area contributed by atoms with Crippen LogP contribution in [0.3, 0.4) is 0 Å². The van der Waals surface area contributed by atoms with Gasteiger partial charge in [-0.3, -0.25) is 4.79 Å². The molecule has 0 N–H and O–H groups in total. The second-order valence-electron chi connectivity index (χ2n) is 6.23. The molecular formula is C19H17NO4S. The van der Waals surface area contributed by atoms with Crippen LogP contribution in [-0.4, -0.2) is 18.4 Å². The van der Waals surface area contributed by atoms with Gasteiger partial charge >= 0.3 is 5.97 Å². The van der Waals surface area contributed by atoms with Crippen LogP contribution in [0, 0.1) is 6.92 Å². The summed E-state index contributed by atoms with van der Waals surface area (Å²) in [5, 5.41) is 0.790. The van der Waals surface area contributed by atoms with Crippen LogP contribution in [0.4, 0.5) is 0 Å². The third-order valence-electron chi connectivity index (χ3n) is 4.52. The largest absolute Gasteiger partial charge is 0.457 e. The van der Waals surface area contributed by atoms with Crippen LogP contribution >= 0.6 is 0 Å². The van der Waals surface area contributed by atoms with Crippen LogP contribution in [0.5, 0.6) is 0 Å². The summed E-state index contributed by atoms with van der Waals surface area (Å²) in [5.74, 6) is -0.247. The number of ether oxygens (including phenoxy) is 1. The average molecular weight is 355 g/mol. The van der Waals surface area contributed by atoms with Crippen molar-refractivity contribution >= 4 is 26.9 Å². The number of carbonyl (C=O) groups is 1. The number of carbonyl (C=O) groups excluding carboxylic acids is 1. The van der Waals surface area contributed by atoms with E-state index >= 15 is 0 Å². The smallest absolute Gasteiger partial charge is 0.306 e. The minimum absolute atomic E-state index is 0.230. The zero-order valence-corrected chi connectivity index (χ0v) is 14.5. The van der Waals surface area contributed by atoms with E-state index in [4.69, 9.17) is 4.74 Å². The van der Waals surface area contributed by atoms with E-state index in [-0.39, 0.29) is 10.9 Å². The molecule has 0 radical (unpaired) electrons. The van der Waals surface area contributed by atoms with Gasteiger partial charge in [0.2, 0.25) is 0 Å². The van der Waals surface area contributed by atoms with Crippen LogP contribution in [0.25, 0.3) is 10.9 Å². The number of fused-ring (bicyclic) bond motifs is 1. The maximum atomic E-state index is 13.1. The van der Waals surface area contributed by atoms with E-state index in [9.17, 15) is 13.2 Å². The normalized spacial score (nSPS) is 17.8. The first-order valence-electron chi connectivity index (χ1n) is 8.08. The van der Waals surface area contributed by atoms with Gasteiger partial charge in [-0.1, -0.05) is 35.9 Å². The number of cyclic esters (lactones) is 1. The number of aryl methyl sites for hydroxylation is 1. The lowest BCUT2D eigenvalue weighted by Gasteiger charge is -2.08. The van der Waals surface area contributed by atoms with Gasteiger partial charge in [0, 0.05) is 23.6 Å². The summed E-state index contributed by atoms with van der Waals surface area (Å²) >= 11 is 0. The predicted octanol–water partition coefficient (Wildman–Crippen LogP) is 3.56. The zero-order chi connectivity index (χ0) is 17.6. The highest BCUT2D eigenvalue weighted by molar-refractivity contribution is 7.90. The zero-order valence-electron chi connectivity index (χ0n) is 13.7. The van der Waals surface area contributed by atoms with Gasteiger partial charge in [-0.05, 0) is 31.5 Å². The Morgan fingerprint density at radius 1 is 1.08 bits per heavy atom. The van der Waals surface area contributed by atoms with Crippen molar-refractivity contribution in [2.45, 2.75) is 30.8 Å². The molecule has 2 heterocycles. The molecule has 1 unspecified atom stereocenters. The maximum absolute atomic E-state index is 13.1. The van der Waals surface area contributed by atoms with Gasteiger partial charge in [-0.2, -0.15) is 0 Å². The number of hydrogen-bond donors (Lipinski definition) is 0. The van der Waals surface area contributed by atoms with E-state index in [1.165, 1.54) is 3.97 Å². The third-order valence-corrected chi connectivity index (χ3v) is 6.21. The van der Waals surface area contributed by atoms with Crippen molar-refractivity contribution in [3.8, 4) is 0 Å². The summed E-state index contributed by atoms with van der Waals surface area (Å²) in [6, 6.07) is 14.0. The molecule has 1 aromatic heterocycles. The molecule has 6 heteroatoms. The van der Waals surface area contributed by atoms with Crippen molar-refractivity contribution in [1.82, 2.24) is 3.97 Å². The summed E-state index contributed by atoms with van der Waals surface area (Å²) in [6.07, 6.45) is 2.11. The fourth-order valence-electron chi connectivity index (χ4n) is 3.20. The average Bonchev–Trinajstić information content (AvgIpc) is 3.19. The first-order chi connectivity index (χ1) is 12.0. The summed E-state index contributed by atoms with van der Waals surface area (Å²) in [4.78, 5) is 11.7. The fourth-order valence-corrected chi connectivity index (χ4v) is 4.58. The van der Waals surface area contributed by atoms with Crippen molar-refractivity contribution in [2.24, 2.45) is 0 Å². The number of hydrogen-bond acceptors (Lipinski definition) is 4. The number of benzene rings is 2.